The summed E-state index contributed by atoms with van der Waals surface area (Å²) in [5.41, 5.74) is 0.493. The fourth-order valence-electron chi connectivity index (χ4n) is 7.46. The molecule has 2 aliphatic carbocycles. The van der Waals surface area contributed by atoms with Gasteiger partial charge in [-0.25, -0.2) is 18.0 Å². The van der Waals surface area contributed by atoms with Gasteiger partial charge in [-0.05, 0) is 49.7 Å². The Morgan fingerprint density at radius 3 is 2.43 bits per heavy atom. The number of sulfonamides is 1. The first-order chi connectivity index (χ1) is 24.5. The van der Waals surface area contributed by atoms with E-state index in [2.05, 4.69) is 15.4 Å². The van der Waals surface area contributed by atoms with Crippen LogP contribution in [0.4, 0.5) is 9.59 Å². The lowest BCUT2D eigenvalue weighted by Gasteiger charge is -2.30. The van der Waals surface area contributed by atoms with Crippen molar-refractivity contribution in [2.75, 3.05) is 19.8 Å². The lowest BCUT2D eigenvalue weighted by atomic mass is 10.0. The highest BCUT2D eigenvalue weighted by Crippen LogP contribution is 2.46. The second-order valence-electron chi connectivity index (χ2n) is 14.5. The van der Waals surface area contributed by atoms with Gasteiger partial charge in [0.1, 0.15) is 29.8 Å². The molecular weight excluding hydrogens is 682 g/mol. The SMILES string of the molecule is O=C(N[C@@H]1CCCCCC=C[C@@H]2C[C@@]2(C(=O)NS(=O)(=O)C2CC2)NC(=O)[C@@H]2C[C@@H](OC(=O)N3Cc4ccccc4C3)CN2C1=O)O[C@H]1CCOC1. The van der Waals surface area contributed by atoms with Crippen LogP contribution in [-0.4, -0.2) is 103 Å². The molecule has 51 heavy (non-hydrogen) atoms. The maximum absolute atomic E-state index is 14.3. The molecule has 276 valence electrons. The Morgan fingerprint density at radius 1 is 0.961 bits per heavy atom. The summed E-state index contributed by atoms with van der Waals surface area (Å²) in [5, 5.41) is 4.89. The molecule has 1 aromatic rings. The van der Waals surface area contributed by atoms with E-state index in [9.17, 15) is 32.4 Å². The zero-order valence-corrected chi connectivity index (χ0v) is 29.2. The molecule has 4 heterocycles. The fraction of sp³-hybridized carbons (Fsp3) is 0.629. The van der Waals surface area contributed by atoms with Gasteiger partial charge in [0.25, 0.3) is 5.91 Å². The zero-order valence-electron chi connectivity index (χ0n) is 28.4. The number of allylic oxidation sites excluding steroid dienone is 1. The minimum absolute atomic E-state index is 0.0563. The second kappa shape index (κ2) is 14.4. The largest absolute Gasteiger partial charge is 0.444 e. The molecule has 16 heteroatoms. The number of hydrogen-bond donors (Lipinski definition) is 3. The Labute approximate surface area is 296 Å². The number of benzene rings is 1. The van der Waals surface area contributed by atoms with Crippen molar-refractivity contribution in [3.05, 3.63) is 47.5 Å². The molecule has 2 saturated heterocycles. The number of fused-ring (bicyclic) bond motifs is 3. The first-order valence-electron chi connectivity index (χ1n) is 17.9. The van der Waals surface area contributed by atoms with Crippen LogP contribution in [0, 0.1) is 5.92 Å². The maximum Gasteiger partial charge on any atom is 0.410 e. The average molecular weight is 728 g/mol. The lowest BCUT2D eigenvalue weighted by Crippen LogP contribution is -2.58. The molecule has 5 amide bonds. The first-order valence-corrected chi connectivity index (χ1v) is 19.5. The van der Waals surface area contributed by atoms with Crippen LogP contribution < -0.4 is 15.4 Å². The molecule has 6 aliphatic rings. The van der Waals surface area contributed by atoms with E-state index < -0.39 is 80.9 Å². The van der Waals surface area contributed by atoms with Gasteiger partial charge < -0.3 is 29.7 Å². The Morgan fingerprint density at radius 2 is 1.73 bits per heavy atom. The number of carbonyl (C=O) groups excluding carboxylic acids is 5. The Bertz CT molecular complexity index is 1670. The Kier molecular flexibility index (Phi) is 9.98. The van der Waals surface area contributed by atoms with Gasteiger partial charge in [0, 0.05) is 31.8 Å². The molecule has 7 rings (SSSR count). The monoisotopic (exact) mass is 727 g/mol. The number of amides is 5. The van der Waals surface area contributed by atoms with Crippen LogP contribution in [0.3, 0.4) is 0 Å². The van der Waals surface area contributed by atoms with Crippen molar-refractivity contribution < 1.29 is 46.6 Å². The summed E-state index contributed by atoms with van der Waals surface area (Å²) in [6.07, 6.45) is 5.82. The summed E-state index contributed by atoms with van der Waals surface area (Å²) >= 11 is 0. The van der Waals surface area contributed by atoms with Crippen molar-refractivity contribution >= 4 is 39.9 Å². The van der Waals surface area contributed by atoms with Crippen molar-refractivity contribution in [1.29, 1.82) is 0 Å². The van der Waals surface area contributed by atoms with Gasteiger partial charge in [0.15, 0.2) is 0 Å². The van der Waals surface area contributed by atoms with Gasteiger partial charge >= 0.3 is 12.2 Å². The van der Waals surface area contributed by atoms with E-state index in [-0.39, 0.29) is 32.4 Å². The molecule has 6 atom stereocenters. The van der Waals surface area contributed by atoms with Crippen molar-refractivity contribution in [1.82, 2.24) is 25.2 Å². The van der Waals surface area contributed by atoms with Crippen LogP contribution in [0.2, 0.25) is 0 Å². The normalized spacial score (nSPS) is 30.9. The smallest absolute Gasteiger partial charge is 0.410 e. The Balaban J connectivity index is 1.12. The highest BCUT2D eigenvalue weighted by molar-refractivity contribution is 7.91. The third-order valence-electron chi connectivity index (χ3n) is 10.7. The van der Waals surface area contributed by atoms with E-state index in [1.165, 1.54) is 4.90 Å². The average Bonchev–Trinajstić information content (AvgIpc) is 3.88. The van der Waals surface area contributed by atoms with E-state index in [4.69, 9.17) is 14.2 Å². The fourth-order valence-corrected chi connectivity index (χ4v) is 8.82. The molecule has 4 fully saturated rings. The molecule has 0 bridgehead atoms. The van der Waals surface area contributed by atoms with E-state index in [0.717, 1.165) is 24.0 Å². The standard InChI is InChI=1S/C35H45N5O10S/c41-30-29-16-26(50-34(45)39-18-22-8-6-7-9-23(22)19-39)20-40(29)31(42)28(36-33(44)49-25-14-15-48-21-25)11-5-3-1-2-4-10-24-17-35(24,37-30)32(43)38-51(46,47)27-12-13-27/h4,6-10,24-29H,1-3,5,11-21H2,(H,36,44)(H,37,41)(H,38,43)/t24-,25+,26-,28-,29+,35-/m1/s1. The van der Waals surface area contributed by atoms with Crippen molar-refractivity contribution in [2.24, 2.45) is 5.92 Å². The van der Waals surface area contributed by atoms with Crippen molar-refractivity contribution in [3.8, 4) is 0 Å². The van der Waals surface area contributed by atoms with E-state index >= 15 is 0 Å². The third kappa shape index (κ3) is 7.86. The predicted molar refractivity (Wildman–Crippen MR) is 180 cm³/mol. The maximum atomic E-state index is 14.3. The molecule has 1 aromatic carbocycles. The third-order valence-corrected chi connectivity index (χ3v) is 12.5. The molecular formula is C35H45N5O10S. The molecule has 2 saturated carbocycles. The quantitative estimate of drug-likeness (QED) is 0.366. The number of ether oxygens (including phenoxy) is 3. The van der Waals surface area contributed by atoms with Gasteiger partial charge in [0.2, 0.25) is 21.8 Å². The number of nitrogens with one attached hydrogen (secondary N) is 3. The van der Waals surface area contributed by atoms with Gasteiger partial charge in [0.05, 0.1) is 25.0 Å². The molecule has 0 unspecified atom stereocenters. The van der Waals surface area contributed by atoms with Gasteiger partial charge in [-0.3, -0.25) is 24.0 Å². The molecule has 15 nitrogen and oxygen atoms in total. The molecule has 0 aromatic heterocycles. The number of rotatable bonds is 6. The first kappa shape index (κ1) is 35.2. The summed E-state index contributed by atoms with van der Waals surface area (Å²) in [6.45, 7) is 1.35. The summed E-state index contributed by atoms with van der Waals surface area (Å²) in [6, 6.07) is 5.48. The topological polar surface area (TPSA) is 190 Å². The predicted octanol–water partition coefficient (Wildman–Crippen LogP) is 2.00. The van der Waals surface area contributed by atoms with E-state index in [1.807, 2.05) is 36.4 Å². The number of carbonyl (C=O) groups is 5. The van der Waals surface area contributed by atoms with E-state index in [0.29, 0.717) is 51.8 Å². The molecule has 4 aliphatic heterocycles. The Hall–Kier alpha value is -4.18. The number of hydrogen-bond acceptors (Lipinski definition) is 10. The minimum atomic E-state index is -3.90. The van der Waals surface area contributed by atoms with Crippen LogP contribution in [0.15, 0.2) is 36.4 Å². The van der Waals surface area contributed by atoms with Crippen LogP contribution >= 0.6 is 0 Å². The highest BCUT2D eigenvalue weighted by Gasteiger charge is 2.62. The van der Waals surface area contributed by atoms with Crippen LogP contribution in [0.25, 0.3) is 0 Å². The van der Waals surface area contributed by atoms with Crippen molar-refractivity contribution in [3.63, 3.8) is 0 Å². The van der Waals surface area contributed by atoms with Crippen LogP contribution in [0.1, 0.15) is 75.3 Å². The van der Waals surface area contributed by atoms with Crippen molar-refractivity contribution in [2.45, 2.75) is 112 Å². The van der Waals surface area contributed by atoms with Crippen LogP contribution in [-0.2, 0) is 51.7 Å². The molecule has 0 radical (unpaired) electrons. The summed E-state index contributed by atoms with van der Waals surface area (Å²) in [4.78, 5) is 71.3. The van der Waals surface area contributed by atoms with Gasteiger partial charge in [-0.2, -0.15) is 0 Å². The summed E-state index contributed by atoms with van der Waals surface area (Å²) < 4.78 is 44.4. The minimum Gasteiger partial charge on any atom is -0.444 e. The number of nitrogens with zero attached hydrogens (tertiary/aromatic N) is 2. The molecule has 0 spiro atoms. The zero-order chi connectivity index (χ0) is 35.8. The highest BCUT2D eigenvalue weighted by atomic mass is 32.2. The summed E-state index contributed by atoms with van der Waals surface area (Å²) in [5.74, 6) is -2.48. The second-order valence-corrected chi connectivity index (χ2v) is 16.4. The summed E-state index contributed by atoms with van der Waals surface area (Å²) in [7, 11) is -3.90. The van der Waals surface area contributed by atoms with Gasteiger partial charge in [-0.15, -0.1) is 0 Å². The molecule has 3 N–H and O–H groups in total. The van der Waals surface area contributed by atoms with E-state index in [1.54, 1.807) is 4.90 Å². The van der Waals surface area contributed by atoms with Crippen LogP contribution in [0.5, 0.6) is 0 Å². The lowest BCUT2D eigenvalue weighted by molar-refractivity contribution is -0.141. The van der Waals surface area contributed by atoms with Gasteiger partial charge in [-0.1, -0.05) is 49.3 Å². The number of alkyl carbamates (subject to hydrolysis) is 1.